The zero-order valence-electron chi connectivity index (χ0n) is 13.7. The second-order valence-corrected chi connectivity index (χ2v) is 5.56. The molecule has 0 saturated heterocycles. The van der Waals surface area contributed by atoms with E-state index in [1.54, 1.807) is 29.2 Å². The zero-order chi connectivity index (χ0) is 17.6. The Kier molecular flexibility index (Phi) is 4.94. The first-order valence-electron chi connectivity index (χ1n) is 7.76. The van der Waals surface area contributed by atoms with E-state index in [0.29, 0.717) is 5.75 Å². The Labute approximate surface area is 144 Å². The normalized spacial score (nSPS) is 10.4. The summed E-state index contributed by atoms with van der Waals surface area (Å²) in [5, 5.41) is 6.86. The van der Waals surface area contributed by atoms with Gasteiger partial charge in [0.25, 0.3) is 5.91 Å². The maximum absolute atomic E-state index is 11.9. The largest absolute Gasteiger partial charge is 0.484 e. The minimum Gasteiger partial charge on any atom is -0.484 e. The summed E-state index contributed by atoms with van der Waals surface area (Å²) in [6.45, 7) is 0.182. The molecule has 2 N–H and O–H groups in total. The van der Waals surface area contributed by atoms with Crippen LogP contribution in [0.2, 0.25) is 0 Å². The zero-order valence-corrected chi connectivity index (χ0v) is 13.7. The second kappa shape index (κ2) is 7.48. The molecule has 3 rings (SSSR count). The minimum atomic E-state index is -0.257. The molecule has 0 aliphatic carbocycles. The van der Waals surface area contributed by atoms with Crippen molar-refractivity contribution in [2.45, 2.75) is 6.54 Å². The Hall–Kier alpha value is -3.35. The highest BCUT2D eigenvalue weighted by Crippen LogP contribution is 2.23. The molecule has 3 aromatic rings. The molecule has 1 amide bonds. The van der Waals surface area contributed by atoms with Crippen LogP contribution in [-0.2, 0) is 18.4 Å². The summed E-state index contributed by atoms with van der Waals surface area (Å²) in [6.07, 6.45) is 5.23. The molecule has 7 heteroatoms. The monoisotopic (exact) mass is 338 g/mol. The molecule has 0 unspecified atom stereocenters. The lowest BCUT2D eigenvalue weighted by atomic mass is 10.1. The van der Waals surface area contributed by atoms with Crippen LogP contribution in [0.15, 0.2) is 59.8 Å². The van der Waals surface area contributed by atoms with Crippen LogP contribution >= 0.6 is 0 Å². The number of nitrogens with zero attached hydrogens (tertiary/aromatic N) is 2. The summed E-state index contributed by atoms with van der Waals surface area (Å²) in [7, 11) is 1.86. The Morgan fingerprint density at radius 1 is 1.28 bits per heavy atom. The third-order valence-corrected chi connectivity index (χ3v) is 3.57. The lowest BCUT2D eigenvalue weighted by Crippen LogP contribution is -2.28. The molecule has 25 heavy (non-hydrogen) atoms. The van der Waals surface area contributed by atoms with Crippen molar-refractivity contribution in [3.63, 3.8) is 0 Å². The highest BCUT2D eigenvalue weighted by Gasteiger charge is 2.05. The fourth-order valence-electron chi connectivity index (χ4n) is 2.34. The number of pyridine rings is 1. The summed E-state index contributed by atoms with van der Waals surface area (Å²) >= 11 is 0. The number of H-pyrrole nitrogens is 1. The third-order valence-electron chi connectivity index (χ3n) is 3.57. The standard InChI is InChI=1S/C18H18N4O3/c1-22-11-15(10-21-22)14-3-2-4-16(8-14)25-12-18(24)20-9-13-5-6-19-17(23)7-13/h2-8,10-11H,9,12H2,1H3,(H,19,23)(H,20,24). The number of aryl methyl sites for hydroxylation is 1. The lowest BCUT2D eigenvalue weighted by molar-refractivity contribution is -0.123. The van der Waals surface area contributed by atoms with Gasteiger partial charge in [0.2, 0.25) is 5.56 Å². The maximum atomic E-state index is 11.9. The van der Waals surface area contributed by atoms with Crippen molar-refractivity contribution < 1.29 is 9.53 Å². The summed E-state index contributed by atoms with van der Waals surface area (Å²) in [5.74, 6) is 0.347. The molecule has 0 radical (unpaired) electrons. The number of hydrogen-bond donors (Lipinski definition) is 2. The molecule has 0 fully saturated rings. The summed E-state index contributed by atoms with van der Waals surface area (Å²) in [6, 6.07) is 10.7. The number of hydrogen-bond acceptors (Lipinski definition) is 4. The van der Waals surface area contributed by atoms with Gasteiger partial charge >= 0.3 is 0 Å². The van der Waals surface area contributed by atoms with Crippen LogP contribution in [0.1, 0.15) is 5.56 Å². The fraction of sp³-hybridized carbons (Fsp3) is 0.167. The van der Waals surface area contributed by atoms with E-state index >= 15 is 0 Å². The number of aromatic amines is 1. The first kappa shape index (κ1) is 16.5. The summed E-state index contributed by atoms with van der Waals surface area (Å²) in [5.41, 5.74) is 2.48. The van der Waals surface area contributed by atoms with E-state index in [4.69, 9.17) is 4.74 Å². The topological polar surface area (TPSA) is 89.0 Å². The van der Waals surface area contributed by atoms with E-state index in [1.807, 2.05) is 31.4 Å². The summed E-state index contributed by atoms with van der Waals surface area (Å²) < 4.78 is 7.27. The van der Waals surface area contributed by atoms with Crippen molar-refractivity contribution in [1.29, 1.82) is 0 Å². The number of carbonyl (C=O) groups is 1. The van der Waals surface area contributed by atoms with Crippen molar-refractivity contribution in [3.05, 3.63) is 70.9 Å². The molecule has 1 aromatic carbocycles. The van der Waals surface area contributed by atoms with Gasteiger partial charge in [-0.1, -0.05) is 12.1 Å². The van der Waals surface area contributed by atoms with E-state index in [9.17, 15) is 9.59 Å². The molecular formula is C18H18N4O3. The van der Waals surface area contributed by atoms with Gasteiger partial charge in [-0.05, 0) is 29.3 Å². The molecule has 2 aromatic heterocycles. The molecule has 2 heterocycles. The molecule has 0 aliphatic heterocycles. The van der Waals surface area contributed by atoms with Gasteiger partial charge in [0.05, 0.1) is 6.20 Å². The molecular weight excluding hydrogens is 320 g/mol. The summed E-state index contributed by atoms with van der Waals surface area (Å²) in [4.78, 5) is 25.6. The smallest absolute Gasteiger partial charge is 0.258 e. The first-order valence-corrected chi connectivity index (χ1v) is 7.76. The Bertz CT molecular complexity index is 930. The molecule has 0 atom stereocenters. The van der Waals surface area contributed by atoms with Crippen LogP contribution in [0.4, 0.5) is 0 Å². The van der Waals surface area contributed by atoms with Gasteiger partial charge in [0, 0.05) is 37.6 Å². The first-order chi connectivity index (χ1) is 12.1. The van der Waals surface area contributed by atoms with Gasteiger partial charge in [-0.2, -0.15) is 5.10 Å². The molecule has 0 aliphatic rings. The van der Waals surface area contributed by atoms with Crippen LogP contribution in [0.3, 0.4) is 0 Å². The number of ether oxygens (including phenoxy) is 1. The Balaban J connectivity index is 1.54. The minimum absolute atomic E-state index is 0.0975. The number of aromatic nitrogens is 3. The SMILES string of the molecule is Cn1cc(-c2cccc(OCC(=O)NCc3cc[nH]c(=O)c3)c2)cn1. The quantitative estimate of drug-likeness (QED) is 0.712. The predicted molar refractivity (Wildman–Crippen MR) is 93.0 cm³/mol. The van der Waals surface area contributed by atoms with Gasteiger partial charge in [0.15, 0.2) is 6.61 Å². The number of benzene rings is 1. The number of rotatable bonds is 6. The van der Waals surface area contributed by atoms with E-state index in [2.05, 4.69) is 15.4 Å². The highest BCUT2D eigenvalue weighted by molar-refractivity contribution is 5.77. The van der Waals surface area contributed by atoms with Crippen LogP contribution in [0.25, 0.3) is 11.1 Å². The molecule has 0 saturated carbocycles. The van der Waals surface area contributed by atoms with Crippen molar-refractivity contribution in [1.82, 2.24) is 20.1 Å². The second-order valence-electron chi connectivity index (χ2n) is 5.56. The Morgan fingerprint density at radius 2 is 2.16 bits per heavy atom. The maximum Gasteiger partial charge on any atom is 0.258 e. The van der Waals surface area contributed by atoms with E-state index < -0.39 is 0 Å². The van der Waals surface area contributed by atoms with Crippen molar-refractivity contribution in [2.24, 2.45) is 7.05 Å². The van der Waals surface area contributed by atoms with Crippen LogP contribution in [0.5, 0.6) is 5.75 Å². The number of nitrogens with one attached hydrogen (secondary N) is 2. The molecule has 7 nitrogen and oxygen atoms in total. The van der Waals surface area contributed by atoms with Crippen LogP contribution in [0, 0.1) is 0 Å². The van der Waals surface area contributed by atoms with E-state index in [0.717, 1.165) is 16.7 Å². The van der Waals surface area contributed by atoms with Crippen molar-refractivity contribution in [3.8, 4) is 16.9 Å². The molecule has 0 spiro atoms. The Morgan fingerprint density at radius 3 is 2.92 bits per heavy atom. The molecule has 0 bridgehead atoms. The van der Waals surface area contributed by atoms with Gasteiger partial charge in [-0.25, -0.2) is 0 Å². The van der Waals surface area contributed by atoms with Crippen molar-refractivity contribution >= 4 is 5.91 Å². The van der Waals surface area contributed by atoms with Crippen LogP contribution in [-0.4, -0.2) is 27.3 Å². The van der Waals surface area contributed by atoms with Gasteiger partial charge in [-0.3, -0.25) is 14.3 Å². The fourth-order valence-corrected chi connectivity index (χ4v) is 2.34. The van der Waals surface area contributed by atoms with E-state index in [1.165, 1.54) is 6.07 Å². The average Bonchev–Trinajstić information content (AvgIpc) is 3.05. The lowest BCUT2D eigenvalue weighted by Gasteiger charge is -2.08. The number of amides is 1. The highest BCUT2D eigenvalue weighted by atomic mass is 16.5. The number of carbonyl (C=O) groups excluding carboxylic acids is 1. The van der Waals surface area contributed by atoms with Crippen molar-refractivity contribution in [2.75, 3.05) is 6.61 Å². The van der Waals surface area contributed by atoms with Crippen LogP contribution < -0.4 is 15.6 Å². The van der Waals surface area contributed by atoms with Gasteiger partial charge in [-0.15, -0.1) is 0 Å². The predicted octanol–water partition coefficient (Wildman–Crippen LogP) is 1.47. The van der Waals surface area contributed by atoms with E-state index in [-0.39, 0.29) is 24.6 Å². The van der Waals surface area contributed by atoms with Gasteiger partial charge < -0.3 is 15.0 Å². The average molecular weight is 338 g/mol. The molecule has 128 valence electrons. The van der Waals surface area contributed by atoms with Gasteiger partial charge in [0.1, 0.15) is 5.75 Å². The third kappa shape index (κ3) is 4.57.